The molecule has 1 N–H and O–H groups in total. The first kappa shape index (κ1) is 48.6. The Balaban J connectivity index is 0.700. The molecule has 10 rings (SSSR count). The highest BCUT2D eigenvalue weighted by Crippen LogP contribution is 2.40. The molecule has 0 radical (unpaired) electrons. The van der Waals surface area contributed by atoms with E-state index in [0.717, 1.165) is 103 Å². The monoisotopic (exact) mass is 985 g/mol. The smallest absolute Gasteiger partial charge is 0.415 e. The predicted molar refractivity (Wildman–Crippen MR) is 272 cm³/mol. The summed E-state index contributed by atoms with van der Waals surface area (Å²) in [7, 11) is 1.61. The number of rotatable bonds is 11. The van der Waals surface area contributed by atoms with Gasteiger partial charge in [0.25, 0.3) is 0 Å². The Morgan fingerprint density at radius 2 is 1.71 bits per heavy atom. The van der Waals surface area contributed by atoms with Crippen molar-refractivity contribution in [3.8, 4) is 11.6 Å². The number of aryl methyl sites for hydroxylation is 1. The summed E-state index contributed by atoms with van der Waals surface area (Å²) in [6.45, 7) is 15.9. The number of nitrogens with one attached hydrogen (secondary N) is 1. The van der Waals surface area contributed by atoms with Crippen molar-refractivity contribution in [3.05, 3.63) is 95.2 Å². The van der Waals surface area contributed by atoms with Crippen LogP contribution in [0.25, 0.3) is 0 Å². The molecule has 0 spiro atoms. The number of likely N-dealkylation sites (tertiary alicyclic amines) is 1. The molecule has 0 saturated carbocycles. The van der Waals surface area contributed by atoms with E-state index in [9.17, 15) is 14.4 Å². The Bertz CT molecular complexity index is 2810. The molecule has 3 saturated heterocycles. The van der Waals surface area contributed by atoms with Crippen molar-refractivity contribution in [3.63, 3.8) is 0 Å². The second-order valence-corrected chi connectivity index (χ2v) is 20.6. The Kier molecular flexibility index (Phi) is 13.7. The number of carbonyl (C=O) groups is 3. The third-order valence-electron chi connectivity index (χ3n) is 14.5. The number of aromatic nitrogens is 5. The number of hydrogen-bond donors (Lipinski definition) is 1. The van der Waals surface area contributed by atoms with Gasteiger partial charge in [0.2, 0.25) is 17.7 Å². The minimum absolute atomic E-state index is 0.172. The summed E-state index contributed by atoms with van der Waals surface area (Å²) >= 11 is 0. The standard InChI is InChI=1S/C53H65FN12O6/c1-34-25-40(9-12-44(34)63-22-17-47(67)65(51(63)68)30-36-7-10-41(70-6)11-8-36)61-19-13-37(14-20-61)29-60-18-16-45(42(54)32-60)66-31-39(27-57-66)58-50-56-26-38-15-21-62(33-43(38)59-50)46-28-55-49-48(35(46)2)64(23-24-71-49)52(69)72-53(3,4)5/h7-12,25-28,31,37,42,45H,13-24,29-30,32-33H2,1-6H3,(H,56,58,59)/t42-,45+/m0/s1. The SMILES string of the molecule is COc1ccc(CN2C(=O)CCN(c3ccc(N4CCC(CN5CC[C@@H](n6cc(Nc7ncc8c(n7)CN(c7cnc9c(c7C)N(C(=O)OC(C)(C)C)CCO9)CC8)cn6)[C@@H](F)C5)CC4)cc3C)C2=O)cc1. The summed E-state index contributed by atoms with van der Waals surface area (Å²) in [5.74, 6) is 1.87. The number of carbonyl (C=O) groups excluding carboxylic acids is 3. The van der Waals surface area contributed by atoms with E-state index in [1.54, 1.807) is 34.0 Å². The molecular formula is C53H65FN12O6. The molecule has 0 aliphatic carbocycles. The van der Waals surface area contributed by atoms with Crippen LogP contribution in [0, 0.1) is 19.8 Å². The average molecular weight is 985 g/mol. The summed E-state index contributed by atoms with van der Waals surface area (Å²) in [5.41, 5.74) is 8.18. The van der Waals surface area contributed by atoms with Crippen LogP contribution in [0.1, 0.15) is 80.4 Å². The molecule has 0 unspecified atom stereocenters. The lowest BCUT2D eigenvalue weighted by Gasteiger charge is -2.39. The largest absolute Gasteiger partial charge is 0.497 e. The van der Waals surface area contributed by atoms with Crippen LogP contribution in [-0.4, -0.2) is 130 Å². The van der Waals surface area contributed by atoms with Crippen molar-refractivity contribution < 1.29 is 33.0 Å². The fourth-order valence-electron chi connectivity index (χ4n) is 10.7. The van der Waals surface area contributed by atoms with Gasteiger partial charge in [0.1, 0.15) is 29.8 Å². The lowest BCUT2D eigenvalue weighted by molar-refractivity contribution is -0.129. The molecule has 8 heterocycles. The molecule has 3 fully saturated rings. The van der Waals surface area contributed by atoms with Gasteiger partial charge in [-0.1, -0.05) is 12.1 Å². The zero-order valence-corrected chi connectivity index (χ0v) is 42.1. The fraction of sp³-hybridized carbons (Fsp3) is 0.491. The Labute approximate surface area is 420 Å². The first-order valence-electron chi connectivity index (χ1n) is 25.2. The molecule has 19 heteroatoms. The summed E-state index contributed by atoms with van der Waals surface area (Å²) < 4.78 is 34.6. The van der Waals surface area contributed by atoms with Crippen LogP contribution in [-0.2, 0) is 29.0 Å². The number of imide groups is 1. The zero-order valence-electron chi connectivity index (χ0n) is 42.1. The van der Waals surface area contributed by atoms with Crippen molar-refractivity contribution in [2.24, 2.45) is 5.92 Å². The molecule has 380 valence electrons. The molecule has 5 aliphatic heterocycles. The van der Waals surface area contributed by atoms with E-state index in [0.29, 0.717) is 68.3 Å². The number of fused-ring (bicyclic) bond motifs is 2. The Hall–Kier alpha value is -7.02. The van der Waals surface area contributed by atoms with Crippen LogP contribution in [0.4, 0.5) is 48.4 Å². The lowest BCUT2D eigenvalue weighted by atomic mass is 9.94. The normalized spacial score (nSPS) is 20.0. The zero-order chi connectivity index (χ0) is 50.3. The second-order valence-electron chi connectivity index (χ2n) is 20.6. The van der Waals surface area contributed by atoms with Crippen molar-refractivity contribution in [2.75, 3.05) is 91.0 Å². The van der Waals surface area contributed by atoms with E-state index in [-0.39, 0.29) is 30.9 Å². The summed E-state index contributed by atoms with van der Waals surface area (Å²) in [6.07, 6.45) is 9.40. The number of methoxy groups -OCH3 is 1. The van der Waals surface area contributed by atoms with E-state index < -0.39 is 17.9 Å². The van der Waals surface area contributed by atoms with Crippen LogP contribution in [0.3, 0.4) is 0 Å². The molecule has 18 nitrogen and oxygen atoms in total. The molecule has 2 atom stereocenters. The maximum atomic E-state index is 16.0. The summed E-state index contributed by atoms with van der Waals surface area (Å²) in [5, 5.41) is 7.89. The van der Waals surface area contributed by atoms with Gasteiger partial charge in [0.05, 0.1) is 62.2 Å². The second kappa shape index (κ2) is 20.2. The van der Waals surface area contributed by atoms with Crippen LogP contribution in [0.5, 0.6) is 11.6 Å². The molecule has 4 amide bonds. The van der Waals surface area contributed by atoms with Gasteiger partial charge < -0.3 is 34.2 Å². The number of halogens is 1. The summed E-state index contributed by atoms with van der Waals surface area (Å²) in [6, 6.07) is 13.0. The number of hydrogen-bond acceptors (Lipinski definition) is 14. The van der Waals surface area contributed by atoms with Gasteiger partial charge in [-0.25, -0.2) is 28.9 Å². The maximum absolute atomic E-state index is 16.0. The number of benzene rings is 2. The van der Waals surface area contributed by atoms with Gasteiger partial charge in [0.15, 0.2) is 0 Å². The van der Waals surface area contributed by atoms with Gasteiger partial charge in [0, 0.05) is 81.6 Å². The number of piperidine rings is 2. The number of ether oxygens (including phenoxy) is 3. The third kappa shape index (κ3) is 10.3. The molecule has 5 aliphatic rings. The van der Waals surface area contributed by atoms with Crippen molar-refractivity contribution >= 4 is 52.4 Å². The number of urea groups is 1. The van der Waals surface area contributed by atoms with E-state index in [1.165, 1.54) is 4.90 Å². The average Bonchev–Trinajstić information content (AvgIpc) is 3.83. The third-order valence-corrected chi connectivity index (χ3v) is 14.5. The van der Waals surface area contributed by atoms with Gasteiger partial charge in [-0.3, -0.25) is 24.2 Å². The van der Waals surface area contributed by atoms with Crippen molar-refractivity contribution in [1.82, 2.24) is 34.5 Å². The van der Waals surface area contributed by atoms with Crippen LogP contribution in [0.15, 0.2) is 67.3 Å². The van der Waals surface area contributed by atoms with Crippen molar-refractivity contribution in [2.45, 2.75) is 97.6 Å². The van der Waals surface area contributed by atoms with Crippen LogP contribution < -0.4 is 34.4 Å². The van der Waals surface area contributed by atoms with E-state index >= 15 is 4.39 Å². The summed E-state index contributed by atoms with van der Waals surface area (Å²) in [4.78, 5) is 65.5. The van der Waals surface area contributed by atoms with Crippen LogP contribution in [0.2, 0.25) is 0 Å². The number of pyridine rings is 1. The number of anilines is 6. The molecule has 3 aromatic heterocycles. The predicted octanol–water partition coefficient (Wildman–Crippen LogP) is 7.99. The highest BCUT2D eigenvalue weighted by Gasteiger charge is 2.37. The number of alkyl halides is 1. The fourth-order valence-corrected chi connectivity index (χ4v) is 10.7. The molecule has 0 bridgehead atoms. The van der Waals surface area contributed by atoms with Crippen molar-refractivity contribution in [1.29, 1.82) is 0 Å². The first-order valence-corrected chi connectivity index (χ1v) is 25.2. The number of nitrogens with zero attached hydrogens (tertiary/aromatic N) is 11. The highest BCUT2D eigenvalue weighted by molar-refractivity contribution is 6.06. The van der Waals surface area contributed by atoms with Gasteiger partial charge >= 0.3 is 12.1 Å². The van der Waals surface area contributed by atoms with Gasteiger partial charge in [-0.15, -0.1) is 0 Å². The van der Waals surface area contributed by atoms with Gasteiger partial charge in [-0.05, 0) is 113 Å². The number of amides is 4. The molecular weight excluding hydrogens is 920 g/mol. The van der Waals surface area contributed by atoms with Gasteiger partial charge in [-0.2, -0.15) is 5.10 Å². The van der Waals surface area contributed by atoms with E-state index in [4.69, 9.17) is 19.2 Å². The molecule has 5 aromatic rings. The quantitative estimate of drug-likeness (QED) is 0.135. The molecule has 72 heavy (non-hydrogen) atoms. The minimum atomic E-state index is -1.07. The topological polar surface area (TPSA) is 167 Å². The highest BCUT2D eigenvalue weighted by atomic mass is 19.1. The minimum Gasteiger partial charge on any atom is -0.497 e. The maximum Gasteiger partial charge on any atom is 0.415 e. The lowest BCUT2D eigenvalue weighted by Crippen LogP contribution is -2.52. The molecule has 2 aromatic carbocycles. The van der Waals surface area contributed by atoms with E-state index in [2.05, 4.69) is 47.2 Å². The van der Waals surface area contributed by atoms with Crippen LogP contribution >= 0.6 is 0 Å². The first-order chi connectivity index (χ1) is 34.7. The van der Waals surface area contributed by atoms with E-state index in [1.807, 2.05) is 77.3 Å². The Morgan fingerprint density at radius 3 is 2.46 bits per heavy atom. The Morgan fingerprint density at radius 1 is 0.903 bits per heavy atom.